The van der Waals surface area contributed by atoms with E-state index in [1.165, 1.54) is 0 Å². The monoisotopic (exact) mass is 251 g/mol. The maximum atomic E-state index is 5.82. The number of nitrogens with one attached hydrogen (secondary N) is 2. The van der Waals surface area contributed by atoms with Gasteiger partial charge in [0, 0.05) is 32.2 Å². The first kappa shape index (κ1) is 12.0. The number of hydrogen-bond donors (Lipinski definition) is 3. The molecule has 2 saturated heterocycles. The lowest BCUT2D eigenvalue weighted by atomic mass is 10.2. The second-order valence-corrected chi connectivity index (χ2v) is 5.05. The summed E-state index contributed by atoms with van der Waals surface area (Å²) in [4.78, 5) is 0. The standard InChI is InChI=1S/C12H21N5O/c13-5-10-1-2-11(18-10)8-15-12-3-4-16-17(12)9-6-14-7-9/h3-4,9-11,14-15H,1-2,5-8,13H2. The van der Waals surface area contributed by atoms with Gasteiger partial charge in [0.15, 0.2) is 0 Å². The van der Waals surface area contributed by atoms with Crippen molar-refractivity contribution in [2.45, 2.75) is 31.1 Å². The van der Waals surface area contributed by atoms with Gasteiger partial charge in [-0.1, -0.05) is 0 Å². The average Bonchev–Trinajstić information content (AvgIpc) is 2.93. The molecule has 2 atom stereocenters. The number of nitrogens with two attached hydrogens (primary N) is 1. The first-order valence-electron chi connectivity index (χ1n) is 6.70. The number of hydrogen-bond acceptors (Lipinski definition) is 5. The van der Waals surface area contributed by atoms with Crippen LogP contribution in [0, 0.1) is 0 Å². The van der Waals surface area contributed by atoms with E-state index in [-0.39, 0.29) is 12.2 Å². The fourth-order valence-electron chi connectivity index (χ4n) is 2.51. The zero-order chi connectivity index (χ0) is 12.4. The lowest BCUT2D eigenvalue weighted by molar-refractivity contribution is 0.0577. The van der Waals surface area contributed by atoms with Crippen LogP contribution < -0.4 is 16.4 Å². The van der Waals surface area contributed by atoms with Crippen LogP contribution in [0.4, 0.5) is 5.82 Å². The molecule has 1 aromatic rings. The smallest absolute Gasteiger partial charge is 0.124 e. The van der Waals surface area contributed by atoms with Crippen LogP contribution in [0.3, 0.4) is 0 Å². The molecule has 0 bridgehead atoms. The average molecular weight is 251 g/mol. The van der Waals surface area contributed by atoms with Crippen molar-refractivity contribution in [1.82, 2.24) is 15.1 Å². The van der Waals surface area contributed by atoms with E-state index in [2.05, 4.69) is 20.4 Å². The van der Waals surface area contributed by atoms with Gasteiger partial charge in [-0.25, -0.2) is 4.68 Å². The van der Waals surface area contributed by atoms with E-state index in [0.717, 1.165) is 38.3 Å². The van der Waals surface area contributed by atoms with Gasteiger partial charge in [0.2, 0.25) is 0 Å². The van der Waals surface area contributed by atoms with Crippen molar-refractivity contribution < 1.29 is 4.74 Å². The van der Waals surface area contributed by atoms with Gasteiger partial charge in [-0.15, -0.1) is 0 Å². The third kappa shape index (κ3) is 2.36. The number of aromatic nitrogens is 2. The normalized spacial score (nSPS) is 28.3. The summed E-state index contributed by atoms with van der Waals surface area (Å²) in [7, 11) is 0. The molecule has 0 aromatic carbocycles. The zero-order valence-corrected chi connectivity index (χ0v) is 10.5. The van der Waals surface area contributed by atoms with Gasteiger partial charge in [0.25, 0.3) is 0 Å². The van der Waals surface area contributed by atoms with Crippen molar-refractivity contribution in [2.24, 2.45) is 5.73 Å². The van der Waals surface area contributed by atoms with E-state index in [1.807, 2.05) is 12.3 Å². The molecule has 2 aliphatic rings. The van der Waals surface area contributed by atoms with Crippen molar-refractivity contribution in [1.29, 1.82) is 0 Å². The highest BCUT2D eigenvalue weighted by atomic mass is 16.5. The predicted octanol–water partition coefficient (Wildman–Crippen LogP) is -0.0544. The van der Waals surface area contributed by atoms with Crippen molar-refractivity contribution in [3.63, 3.8) is 0 Å². The minimum absolute atomic E-state index is 0.248. The van der Waals surface area contributed by atoms with Gasteiger partial charge in [-0.2, -0.15) is 5.10 Å². The largest absolute Gasteiger partial charge is 0.372 e. The van der Waals surface area contributed by atoms with Crippen molar-refractivity contribution in [2.75, 3.05) is 31.5 Å². The SMILES string of the molecule is NCC1CCC(CNc2ccnn2C2CNC2)O1. The van der Waals surface area contributed by atoms with Crippen LogP contribution in [0.2, 0.25) is 0 Å². The summed E-state index contributed by atoms with van der Waals surface area (Å²) in [5.74, 6) is 1.08. The van der Waals surface area contributed by atoms with Gasteiger partial charge >= 0.3 is 0 Å². The molecule has 6 heteroatoms. The molecule has 2 unspecified atom stereocenters. The molecule has 0 spiro atoms. The Morgan fingerprint density at radius 3 is 2.94 bits per heavy atom. The Bertz CT molecular complexity index is 390. The van der Waals surface area contributed by atoms with Gasteiger partial charge in [0.1, 0.15) is 5.82 Å². The van der Waals surface area contributed by atoms with E-state index in [1.54, 1.807) is 0 Å². The van der Waals surface area contributed by atoms with E-state index in [0.29, 0.717) is 12.6 Å². The highest BCUT2D eigenvalue weighted by Gasteiger charge is 2.25. The van der Waals surface area contributed by atoms with E-state index >= 15 is 0 Å². The van der Waals surface area contributed by atoms with Crippen molar-refractivity contribution in [3.05, 3.63) is 12.3 Å². The van der Waals surface area contributed by atoms with Crippen LogP contribution in [0.5, 0.6) is 0 Å². The molecule has 4 N–H and O–H groups in total. The van der Waals surface area contributed by atoms with Crippen LogP contribution in [-0.2, 0) is 4.74 Å². The fraction of sp³-hybridized carbons (Fsp3) is 0.750. The first-order chi connectivity index (χ1) is 8.86. The Labute approximate surface area is 107 Å². The molecule has 2 aliphatic heterocycles. The van der Waals surface area contributed by atoms with E-state index < -0.39 is 0 Å². The number of nitrogens with zero attached hydrogens (tertiary/aromatic N) is 2. The molecule has 2 fully saturated rings. The third-order valence-electron chi connectivity index (χ3n) is 3.75. The van der Waals surface area contributed by atoms with Crippen LogP contribution in [0.15, 0.2) is 12.3 Å². The molecular weight excluding hydrogens is 230 g/mol. The summed E-state index contributed by atoms with van der Waals surface area (Å²) in [6, 6.07) is 2.51. The second kappa shape index (κ2) is 5.26. The molecule has 18 heavy (non-hydrogen) atoms. The van der Waals surface area contributed by atoms with Gasteiger partial charge in [-0.3, -0.25) is 0 Å². The molecule has 6 nitrogen and oxygen atoms in total. The highest BCUT2D eigenvalue weighted by Crippen LogP contribution is 2.21. The van der Waals surface area contributed by atoms with Crippen LogP contribution in [0.25, 0.3) is 0 Å². The minimum Gasteiger partial charge on any atom is -0.372 e. The first-order valence-corrected chi connectivity index (χ1v) is 6.70. The van der Waals surface area contributed by atoms with Gasteiger partial charge in [-0.05, 0) is 12.8 Å². The Morgan fingerprint density at radius 2 is 2.28 bits per heavy atom. The van der Waals surface area contributed by atoms with E-state index in [4.69, 9.17) is 10.5 Å². The maximum Gasteiger partial charge on any atom is 0.124 e. The van der Waals surface area contributed by atoms with Crippen LogP contribution in [-0.4, -0.2) is 48.2 Å². The Hall–Kier alpha value is -1.11. The molecule has 0 amide bonds. The van der Waals surface area contributed by atoms with Crippen LogP contribution >= 0.6 is 0 Å². The predicted molar refractivity (Wildman–Crippen MR) is 69.6 cm³/mol. The second-order valence-electron chi connectivity index (χ2n) is 5.05. The maximum absolute atomic E-state index is 5.82. The lowest BCUT2D eigenvalue weighted by Gasteiger charge is -2.29. The Balaban J connectivity index is 1.52. The lowest BCUT2D eigenvalue weighted by Crippen LogP contribution is -2.44. The quantitative estimate of drug-likeness (QED) is 0.684. The van der Waals surface area contributed by atoms with Gasteiger partial charge < -0.3 is 21.1 Å². The minimum atomic E-state index is 0.248. The molecular formula is C12H21N5O. The third-order valence-corrected chi connectivity index (χ3v) is 3.75. The summed E-state index contributed by atoms with van der Waals surface area (Å²) in [6.45, 7) is 3.47. The fourth-order valence-corrected chi connectivity index (χ4v) is 2.51. The topological polar surface area (TPSA) is 77.1 Å². The molecule has 3 rings (SSSR count). The molecule has 0 radical (unpaired) electrons. The number of rotatable bonds is 5. The Kier molecular flexibility index (Phi) is 3.49. The van der Waals surface area contributed by atoms with Crippen molar-refractivity contribution >= 4 is 5.82 Å². The van der Waals surface area contributed by atoms with Gasteiger partial charge in [0.05, 0.1) is 24.4 Å². The summed E-state index contributed by atoms with van der Waals surface area (Å²) in [5, 5.41) is 11.1. The van der Waals surface area contributed by atoms with Crippen molar-refractivity contribution in [3.8, 4) is 0 Å². The molecule has 100 valence electrons. The summed E-state index contributed by atoms with van der Waals surface area (Å²) in [6.07, 6.45) is 4.54. The molecule has 0 aliphatic carbocycles. The highest BCUT2D eigenvalue weighted by molar-refractivity contribution is 5.35. The summed E-state index contributed by atoms with van der Waals surface area (Å²) >= 11 is 0. The number of anilines is 1. The molecule has 3 heterocycles. The summed E-state index contributed by atoms with van der Waals surface area (Å²) in [5.41, 5.74) is 5.61. The molecule has 0 saturated carbocycles. The summed E-state index contributed by atoms with van der Waals surface area (Å²) < 4.78 is 7.88. The van der Waals surface area contributed by atoms with Crippen LogP contribution in [0.1, 0.15) is 18.9 Å². The van der Waals surface area contributed by atoms with E-state index in [9.17, 15) is 0 Å². The number of ether oxygens (including phenoxy) is 1. The zero-order valence-electron chi connectivity index (χ0n) is 10.5. The Morgan fingerprint density at radius 1 is 1.44 bits per heavy atom. The molecule has 1 aromatic heterocycles.